The van der Waals surface area contributed by atoms with Gasteiger partial charge in [-0.1, -0.05) is 12.5 Å². The minimum atomic E-state index is -0.0261. The van der Waals surface area contributed by atoms with E-state index >= 15 is 0 Å². The van der Waals surface area contributed by atoms with E-state index in [4.69, 9.17) is 16.6 Å². The van der Waals surface area contributed by atoms with Crippen LogP contribution < -0.4 is 0 Å². The maximum atomic E-state index is 6.42. The first-order valence-electron chi connectivity index (χ1n) is 7.76. The van der Waals surface area contributed by atoms with Crippen molar-refractivity contribution in [1.29, 1.82) is 0 Å². The Balaban J connectivity index is 1.91. The van der Waals surface area contributed by atoms with Gasteiger partial charge in [0.25, 0.3) is 0 Å². The maximum absolute atomic E-state index is 6.42. The largest absolute Gasteiger partial charge is 0.323 e. The van der Waals surface area contributed by atoms with Crippen LogP contribution >= 0.6 is 11.6 Å². The first-order chi connectivity index (χ1) is 9.63. The fourth-order valence-electron chi connectivity index (χ4n) is 4.38. The van der Waals surface area contributed by atoms with E-state index in [1.165, 1.54) is 36.8 Å². The molecule has 0 amide bonds. The fourth-order valence-corrected chi connectivity index (χ4v) is 4.53. The van der Waals surface area contributed by atoms with E-state index in [9.17, 15) is 0 Å². The van der Waals surface area contributed by atoms with Crippen LogP contribution in [0.5, 0.6) is 0 Å². The normalized spacial score (nSPS) is 30.2. The van der Waals surface area contributed by atoms with E-state index in [0.29, 0.717) is 6.04 Å². The number of imidazole rings is 1. The molecule has 4 atom stereocenters. The number of hydrogen-bond donors (Lipinski definition) is 0. The van der Waals surface area contributed by atoms with Crippen LogP contribution in [-0.2, 0) is 0 Å². The van der Waals surface area contributed by atoms with Crippen LogP contribution in [0.4, 0.5) is 0 Å². The Morgan fingerprint density at radius 2 is 2.15 bits per heavy atom. The van der Waals surface area contributed by atoms with Crippen LogP contribution in [0.15, 0.2) is 18.2 Å². The standard InChI is InChI=1S/C17H21ClN2/c1-10-3-6-14-16(7-10)20(17(19-14)11(2)18)15-9-12-4-5-13(15)8-12/h3,6-7,11-13,15H,4-5,8-9H2,1-2H3. The quantitative estimate of drug-likeness (QED) is 0.711. The molecule has 0 radical (unpaired) electrons. The first kappa shape index (κ1) is 12.7. The summed E-state index contributed by atoms with van der Waals surface area (Å²) in [5.74, 6) is 2.84. The highest BCUT2D eigenvalue weighted by molar-refractivity contribution is 6.20. The number of alkyl halides is 1. The van der Waals surface area contributed by atoms with Gasteiger partial charge < -0.3 is 4.57 Å². The van der Waals surface area contributed by atoms with Crippen molar-refractivity contribution in [3.05, 3.63) is 29.6 Å². The van der Waals surface area contributed by atoms with Crippen molar-refractivity contribution in [2.75, 3.05) is 0 Å². The highest BCUT2D eigenvalue weighted by Gasteiger charge is 2.41. The molecule has 0 saturated heterocycles. The third-order valence-corrected chi connectivity index (χ3v) is 5.46. The molecule has 2 fully saturated rings. The molecular formula is C17H21ClN2. The molecule has 4 unspecified atom stereocenters. The Kier molecular flexibility index (Phi) is 2.85. The Labute approximate surface area is 125 Å². The van der Waals surface area contributed by atoms with Gasteiger partial charge in [-0.3, -0.25) is 0 Å². The molecule has 1 heterocycles. The summed E-state index contributed by atoms with van der Waals surface area (Å²) in [6.07, 6.45) is 5.54. The molecule has 2 saturated carbocycles. The fraction of sp³-hybridized carbons (Fsp3) is 0.588. The lowest BCUT2D eigenvalue weighted by atomic mass is 9.94. The molecule has 2 aliphatic rings. The van der Waals surface area contributed by atoms with Gasteiger partial charge in [0, 0.05) is 6.04 Å². The summed E-state index contributed by atoms with van der Waals surface area (Å²) in [7, 11) is 0. The molecule has 0 spiro atoms. The van der Waals surface area contributed by atoms with Gasteiger partial charge in [0.1, 0.15) is 5.82 Å². The number of aryl methyl sites for hydroxylation is 1. The zero-order valence-corrected chi connectivity index (χ0v) is 12.9. The first-order valence-corrected chi connectivity index (χ1v) is 8.19. The van der Waals surface area contributed by atoms with Crippen molar-refractivity contribution in [2.45, 2.75) is 50.9 Å². The number of benzene rings is 1. The molecule has 0 aliphatic heterocycles. The lowest BCUT2D eigenvalue weighted by molar-refractivity contribution is 0.329. The predicted molar refractivity (Wildman–Crippen MR) is 83.2 cm³/mol. The Bertz CT molecular complexity index is 658. The van der Waals surface area contributed by atoms with Crippen molar-refractivity contribution in [1.82, 2.24) is 9.55 Å². The molecule has 2 aromatic rings. The van der Waals surface area contributed by atoms with Crippen molar-refractivity contribution in [3.8, 4) is 0 Å². The molecule has 106 valence electrons. The minimum absolute atomic E-state index is 0.0261. The van der Waals surface area contributed by atoms with Gasteiger partial charge in [-0.2, -0.15) is 0 Å². The zero-order valence-electron chi connectivity index (χ0n) is 12.1. The Morgan fingerprint density at radius 3 is 2.80 bits per heavy atom. The highest BCUT2D eigenvalue weighted by atomic mass is 35.5. The van der Waals surface area contributed by atoms with Gasteiger partial charge in [0.05, 0.1) is 16.4 Å². The van der Waals surface area contributed by atoms with Crippen LogP contribution in [0.25, 0.3) is 11.0 Å². The summed E-state index contributed by atoms with van der Waals surface area (Å²) in [4.78, 5) is 4.81. The highest BCUT2D eigenvalue weighted by Crippen LogP contribution is 2.52. The number of nitrogens with zero attached hydrogens (tertiary/aromatic N) is 2. The summed E-state index contributed by atoms with van der Waals surface area (Å²) in [5.41, 5.74) is 3.68. The number of rotatable bonds is 2. The Morgan fingerprint density at radius 1 is 1.30 bits per heavy atom. The number of halogens is 1. The second-order valence-corrected chi connectivity index (χ2v) is 7.35. The maximum Gasteiger partial charge on any atom is 0.127 e. The third-order valence-electron chi connectivity index (χ3n) is 5.26. The summed E-state index contributed by atoms with van der Waals surface area (Å²) in [5, 5.41) is -0.0261. The molecule has 20 heavy (non-hydrogen) atoms. The van der Waals surface area contributed by atoms with Crippen LogP contribution in [-0.4, -0.2) is 9.55 Å². The van der Waals surface area contributed by atoms with Crippen molar-refractivity contribution < 1.29 is 0 Å². The number of aromatic nitrogens is 2. The van der Waals surface area contributed by atoms with Gasteiger partial charge in [-0.05, 0) is 62.6 Å². The van der Waals surface area contributed by atoms with E-state index < -0.39 is 0 Å². The van der Waals surface area contributed by atoms with Crippen molar-refractivity contribution in [3.63, 3.8) is 0 Å². The molecule has 1 aromatic heterocycles. The molecule has 2 bridgehead atoms. The van der Waals surface area contributed by atoms with Gasteiger partial charge >= 0.3 is 0 Å². The monoisotopic (exact) mass is 288 g/mol. The lowest BCUT2D eigenvalue weighted by Crippen LogP contribution is -2.18. The second-order valence-electron chi connectivity index (χ2n) is 6.69. The molecule has 3 heteroatoms. The van der Waals surface area contributed by atoms with E-state index in [1.807, 2.05) is 6.92 Å². The molecule has 2 nitrogen and oxygen atoms in total. The van der Waals surface area contributed by atoms with E-state index in [1.54, 1.807) is 0 Å². The van der Waals surface area contributed by atoms with E-state index in [-0.39, 0.29) is 5.38 Å². The van der Waals surface area contributed by atoms with Gasteiger partial charge in [0.15, 0.2) is 0 Å². The summed E-state index contributed by atoms with van der Waals surface area (Å²) >= 11 is 6.42. The third kappa shape index (κ3) is 1.81. The number of hydrogen-bond acceptors (Lipinski definition) is 1. The molecule has 4 rings (SSSR count). The van der Waals surface area contributed by atoms with Crippen LogP contribution in [0.1, 0.15) is 55.4 Å². The average Bonchev–Trinajstić information content (AvgIpc) is 3.10. The molecular weight excluding hydrogens is 268 g/mol. The van der Waals surface area contributed by atoms with Crippen LogP contribution in [0, 0.1) is 18.8 Å². The molecule has 1 aromatic carbocycles. The van der Waals surface area contributed by atoms with Crippen molar-refractivity contribution in [2.24, 2.45) is 11.8 Å². The Hall–Kier alpha value is -1.02. The smallest absolute Gasteiger partial charge is 0.127 e. The summed E-state index contributed by atoms with van der Waals surface area (Å²) in [6, 6.07) is 7.17. The summed E-state index contributed by atoms with van der Waals surface area (Å²) < 4.78 is 2.48. The van der Waals surface area contributed by atoms with Gasteiger partial charge in [-0.25, -0.2) is 4.98 Å². The number of fused-ring (bicyclic) bond motifs is 3. The lowest BCUT2D eigenvalue weighted by Gasteiger charge is -2.26. The van der Waals surface area contributed by atoms with Gasteiger partial charge in [-0.15, -0.1) is 11.6 Å². The predicted octanol–water partition coefficient (Wildman–Crippen LogP) is 5.01. The molecule has 2 aliphatic carbocycles. The zero-order chi connectivity index (χ0) is 13.9. The van der Waals surface area contributed by atoms with Crippen LogP contribution in [0.2, 0.25) is 0 Å². The van der Waals surface area contributed by atoms with E-state index in [0.717, 1.165) is 23.2 Å². The minimum Gasteiger partial charge on any atom is -0.323 e. The molecule has 0 N–H and O–H groups in total. The van der Waals surface area contributed by atoms with E-state index in [2.05, 4.69) is 29.7 Å². The topological polar surface area (TPSA) is 17.8 Å². The van der Waals surface area contributed by atoms with Gasteiger partial charge in [0.2, 0.25) is 0 Å². The average molecular weight is 289 g/mol. The summed E-state index contributed by atoms with van der Waals surface area (Å²) in [6.45, 7) is 4.20. The van der Waals surface area contributed by atoms with Crippen LogP contribution in [0.3, 0.4) is 0 Å². The second kappa shape index (κ2) is 4.49. The SMILES string of the molecule is Cc1ccc2nc(C(C)Cl)n(C3CC4CCC3C4)c2c1. The van der Waals surface area contributed by atoms with Crippen molar-refractivity contribution >= 4 is 22.6 Å².